The van der Waals surface area contributed by atoms with Crippen LogP contribution in [0.1, 0.15) is 21.9 Å². The lowest BCUT2D eigenvalue weighted by atomic mass is 10.1. The molecule has 0 spiro atoms. The molecule has 2 aromatic heterocycles. The van der Waals surface area contributed by atoms with Gasteiger partial charge in [0.2, 0.25) is 0 Å². The van der Waals surface area contributed by atoms with Gasteiger partial charge in [-0.25, -0.2) is 19.0 Å². The Morgan fingerprint density at radius 2 is 1.61 bits per heavy atom. The maximum Gasteiger partial charge on any atom is 0.253 e. The molecular formula is C24H22ClFN6O. The number of carbonyl (C=O) groups is 1. The van der Waals surface area contributed by atoms with Crippen molar-refractivity contribution < 1.29 is 9.18 Å². The Labute approximate surface area is 195 Å². The molecule has 9 heteroatoms. The molecule has 0 radical (unpaired) electrons. The molecule has 0 N–H and O–H groups in total. The minimum Gasteiger partial charge on any atom is -0.352 e. The number of aryl methyl sites for hydroxylation is 2. The van der Waals surface area contributed by atoms with Gasteiger partial charge in [-0.2, -0.15) is 5.10 Å². The number of carbonyl (C=O) groups excluding carboxylic acids is 1. The summed E-state index contributed by atoms with van der Waals surface area (Å²) >= 11 is 5.94. The first kappa shape index (κ1) is 21.3. The maximum atomic E-state index is 13.4. The highest BCUT2D eigenvalue weighted by Crippen LogP contribution is 2.29. The molecule has 0 bridgehead atoms. The van der Waals surface area contributed by atoms with Gasteiger partial charge in [-0.3, -0.25) is 4.79 Å². The summed E-state index contributed by atoms with van der Waals surface area (Å²) in [7, 11) is 0. The number of rotatable bonds is 3. The summed E-state index contributed by atoms with van der Waals surface area (Å²) < 4.78 is 15.1. The van der Waals surface area contributed by atoms with Crippen molar-refractivity contribution in [3.05, 3.63) is 76.5 Å². The van der Waals surface area contributed by atoms with Crippen molar-refractivity contribution in [1.82, 2.24) is 24.6 Å². The molecule has 1 aliphatic heterocycles. The smallest absolute Gasteiger partial charge is 0.253 e. The Hall–Kier alpha value is -3.52. The van der Waals surface area contributed by atoms with Crippen LogP contribution in [0.3, 0.4) is 0 Å². The second kappa shape index (κ2) is 8.44. The first-order chi connectivity index (χ1) is 15.9. The van der Waals surface area contributed by atoms with Crippen molar-refractivity contribution in [1.29, 1.82) is 0 Å². The molecule has 0 atom stereocenters. The van der Waals surface area contributed by atoms with E-state index in [1.54, 1.807) is 41.1 Å². The third kappa shape index (κ3) is 4.02. The second-order valence-corrected chi connectivity index (χ2v) is 8.49. The van der Waals surface area contributed by atoms with E-state index in [-0.39, 0.29) is 11.7 Å². The molecule has 1 amide bonds. The van der Waals surface area contributed by atoms with Crippen molar-refractivity contribution in [3.63, 3.8) is 0 Å². The van der Waals surface area contributed by atoms with Gasteiger partial charge in [-0.05, 0) is 62.4 Å². The molecule has 0 unspecified atom stereocenters. The number of nitrogens with zero attached hydrogens (tertiary/aromatic N) is 6. The van der Waals surface area contributed by atoms with Gasteiger partial charge >= 0.3 is 0 Å². The molecular weight excluding hydrogens is 443 g/mol. The van der Waals surface area contributed by atoms with Gasteiger partial charge in [-0.1, -0.05) is 11.6 Å². The summed E-state index contributed by atoms with van der Waals surface area (Å²) in [6.45, 7) is 6.22. The van der Waals surface area contributed by atoms with E-state index in [0.29, 0.717) is 48.2 Å². The lowest BCUT2D eigenvalue weighted by Gasteiger charge is -2.35. The van der Waals surface area contributed by atoms with E-state index in [1.807, 2.05) is 18.7 Å². The van der Waals surface area contributed by atoms with Crippen molar-refractivity contribution >= 4 is 34.4 Å². The van der Waals surface area contributed by atoms with Crippen LogP contribution in [0.15, 0.2) is 48.5 Å². The quantitative estimate of drug-likeness (QED) is 0.455. The van der Waals surface area contributed by atoms with E-state index in [1.165, 1.54) is 12.1 Å². The van der Waals surface area contributed by atoms with Gasteiger partial charge in [-0.15, -0.1) is 0 Å². The average molecular weight is 465 g/mol. The number of fused-ring (bicyclic) bond motifs is 1. The number of anilines is 1. The van der Waals surface area contributed by atoms with Crippen LogP contribution >= 0.6 is 11.6 Å². The van der Waals surface area contributed by atoms with Gasteiger partial charge in [0.25, 0.3) is 5.91 Å². The zero-order valence-corrected chi connectivity index (χ0v) is 19.1. The highest BCUT2D eigenvalue weighted by Gasteiger charge is 2.26. The molecule has 168 valence electrons. The first-order valence-electron chi connectivity index (χ1n) is 10.7. The van der Waals surface area contributed by atoms with Crippen molar-refractivity contribution in [2.24, 2.45) is 0 Å². The van der Waals surface area contributed by atoms with Crippen molar-refractivity contribution in [2.75, 3.05) is 31.1 Å². The number of aromatic nitrogens is 4. The molecule has 3 heterocycles. The molecule has 2 aromatic carbocycles. The Bertz CT molecular complexity index is 1330. The van der Waals surface area contributed by atoms with Crippen LogP contribution in [0.2, 0.25) is 5.02 Å². The maximum absolute atomic E-state index is 13.4. The van der Waals surface area contributed by atoms with Crippen molar-refractivity contribution in [2.45, 2.75) is 13.8 Å². The minimum absolute atomic E-state index is 0.00404. The molecule has 1 aliphatic rings. The Balaban J connectivity index is 1.43. The molecule has 7 nitrogen and oxygen atoms in total. The van der Waals surface area contributed by atoms with Crippen LogP contribution in [0.5, 0.6) is 0 Å². The van der Waals surface area contributed by atoms with Gasteiger partial charge in [0.1, 0.15) is 17.5 Å². The van der Waals surface area contributed by atoms with Crippen molar-refractivity contribution in [3.8, 4) is 5.69 Å². The number of benzene rings is 2. The minimum atomic E-state index is -0.301. The van der Waals surface area contributed by atoms with Gasteiger partial charge in [0, 0.05) is 36.8 Å². The van der Waals surface area contributed by atoms with Crippen LogP contribution in [0.4, 0.5) is 10.2 Å². The predicted octanol–water partition coefficient (Wildman–Crippen LogP) is 4.19. The highest BCUT2D eigenvalue weighted by molar-refractivity contribution is 6.30. The second-order valence-electron chi connectivity index (χ2n) is 8.05. The molecule has 1 fully saturated rings. The lowest BCUT2D eigenvalue weighted by Crippen LogP contribution is -2.49. The number of piperazine rings is 1. The first-order valence-corrected chi connectivity index (χ1v) is 11.1. The van der Waals surface area contributed by atoms with Crippen LogP contribution in [-0.2, 0) is 0 Å². The van der Waals surface area contributed by atoms with Gasteiger partial charge < -0.3 is 9.80 Å². The SMILES string of the molecule is Cc1nc(N2CCN(C(=O)c3ccc(Cl)cc3)CC2)c2c(C)nn(-c3ccc(F)cc3)c2n1. The summed E-state index contributed by atoms with van der Waals surface area (Å²) in [5, 5.41) is 6.14. The lowest BCUT2D eigenvalue weighted by molar-refractivity contribution is 0.0746. The molecule has 33 heavy (non-hydrogen) atoms. The summed E-state index contributed by atoms with van der Waals surface area (Å²) in [5.74, 6) is 1.13. The van der Waals surface area contributed by atoms with Gasteiger partial charge in [0.05, 0.1) is 16.8 Å². The Morgan fingerprint density at radius 3 is 2.27 bits per heavy atom. The number of amides is 1. The van der Waals surface area contributed by atoms with E-state index in [0.717, 1.165) is 22.6 Å². The predicted molar refractivity (Wildman–Crippen MR) is 126 cm³/mol. The third-order valence-electron chi connectivity index (χ3n) is 5.82. The molecule has 1 saturated heterocycles. The number of halogens is 2. The molecule has 0 saturated carbocycles. The molecule has 4 aromatic rings. The zero-order chi connectivity index (χ0) is 23.1. The van der Waals surface area contributed by atoms with Crippen LogP contribution in [0, 0.1) is 19.7 Å². The van der Waals surface area contributed by atoms with Crippen LogP contribution in [0.25, 0.3) is 16.7 Å². The summed E-state index contributed by atoms with van der Waals surface area (Å²) in [6, 6.07) is 13.1. The van der Waals surface area contributed by atoms with E-state index in [4.69, 9.17) is 16.6 Å². The third-order valence-corrected chi connectivity index (χ3v) is 6.08. The summed E-state index contributed by atoms with van der Waals surface area (Å²) in [5.41, 5.74) is 2.84. The Kier molecular flexibility index (Phi) is 5.46. The summed E-state index contributed by atoms with van der Waals surface area (Å²) in [4.78, 5) is 26.2. The van der Waals surface area contributed by atoms with E-state index < -0.39 is 0 Å². The number of hydrogen-bond donors (Lipinski definition) is 0. The monoisotopic (exact) mass is 464 g/mol. The van der Waals surface area contributed by atoms with E-state index in [9.17, 15) is 9.18 Å². The van der Waals surface area contributed by atoms with E-state index >= 15 is 0 Å². The van der Waals surface area contributed by atoms with Crippen LogP contribution in [-0.4, -0.2) is 56.7 Å². The largest absolute Gasteiger partial charge is 0.352 e. The average Bonchev–Trinajstić information content (AvgIpc) is 3.15. The number of hydrogen-bond acceptors (Lipinski definition) is 5. The van der Waals surface area contributed by atoms with Gasteiger partial charge in [0.15, 0.2) is 5.65 Å². The molecule has 0 aliphatic carbocycles. The topological polar surface area (TPSA) is 67.2 Å². The fourth-order valence-electron chi connectivity index (χ4n) is 4.16. The van der Waals surface area contributed by atoms with E-state index in [2.05, 4.69) is 15.0 Å². The zero-order valence-electron chi connectivity index (χ0n) is 18.3. The summed E-state index contributed by atoms with van der Waals surface area (Å²) in [6.07, 6.45) is 0. The normalized spacial score (nSPS) is 14.2. The molecule has 5 rings (SSSR count). The standard InChI is InChI=1S/C24H22ClFN6O/c1-15-21-22(27-16(2)28-23(21)32(29-15)20-9-7-19(26)8-10-20)30-11-13-31(14-12-30)24(33)17-3-5-18(25)6-4-17/h3-10H,11-14H2,1-2H3. The van der Waals surface area contributed by atoms with Crippen LogP contribution < -0.4 is 4.90 Å². The fourth-order valence-corrected chi connectivity index (χ4v) is 4.28. The highest BCUT2D eigenvalue weighted by atomic mass is 35.5. The fraction of sp³-hybridized carbons (Fsp3) is 0.250. The Morgan fingerprint density at radius 1 is 0.939 bits per heavy atom.